The van der Waals surface area contributed by atoms with Gasteiger partial charge >= 0.3 is 0 Å². The molecular weight excluding hydrogens is 234 g/mol. The van der Waals surface area contributed by atoms with E-state index in [0.29, 0.717) is 0 Å². The summed E-state index contributed by atoms with van der Waals surface area (Å²) >= 11 is 0. The smallest absolute Gasteiger partial charge is 0.132 e. The van der Waals surface area contributed by atoms with E-state index in [2.05, 4.69) is 41.9 Å². The molecule has 3 nitrogen and oxygen atoms in total. The van der Waals surface area contributed by atoms with Gasteiger partial charge in [-0.15, -0.1) is 0 Å². The van der Waals surface area contributed by atoms with Gasteiger partial charge in [-0.05, 0) is 50.1 Å². The standard InChI is InChI=1S/C16H21N3/c1-11-5-6-15(12(2)9-11)19(4)16-10-14(13(3)17)7-8-18-16/h5-10,13H,17H2,1-4H3/t13-/m0/s1. The molecule has 0 amide bonds. The molecule has 100 valence electrons. The highest BCUT2D eigenvalue weighted by atomic mass is 15.2. The van der Waals surface area contributed by atoms with Crippen LogP contribution in [-0.2, 0) is 0 Å². The minimum atomic E-state index is 0.0225. The molecule has 0 unspecified atom stereocenters. The minimum absolute atomic E-state index is 0.0225. The van der Waals surface area contributed by atoms with Crippen molar-refractivity contribution in [2.45, 2.75) is 26.8 Å². The molecule has 0 radical (unpaired) electrons. The van der Waals surface area contributed by atoms with Crippen LogP contribution < -0.4 is 10.6 Å². The first kappa shape index (κ1) is 13.6. The van der Waals surface area contributed by atoms with Gasteiger partial charge in [0.25, 0.3) is 0 Å². The predicted octanol–water partition coefficient (Wildman–Crippen LogP) is 3.49. The molecule has 2 aromatic rings. The lowest BCUT2D eigenvalue weighted by Crippen LogP contribution is -2.14. The normalized spacial score (nSPS) is 12.3. The number of pyridine rings is 1. The van der Waals surface area contributed by atoms with Crippen LogP contribution in [0.4, 0.5) is 11.5 Å². The van der Waals surface area contributed by atoms with E-state index in [1.807, 2.05) is 32.3 Å². The molecule has 0 bridgehead atoms. The van der Waals surface area contributed by atoms with Crippen molar-refractivity contribution in [3.63, 3.8) is 0 Å². The van der Waals surface area contributed by atoms with E-state index in [1.165, 1.54) is 16.8 Å². The number of nitrogens with zero attached hydrogens (tertiary/aromatic N) is 2. The number of aryl methyl sites for hydroxylation is 2. The summed E-state index contributed by atoms with van der Waals surface area (Å²) in [4.78, 5) is 6.53. The summed E-state index contributed by atoms with van der Waals surface area (Å²) in [5, 5.41) is 0. The van der Waals surface area contributed by atoms with Gasteiger partial charge in [-0.3, -0.25) is 0 Å². The molecule has 0 aliphatic rings. The van der Waals surface area contributed by atoms with E-state index in [9.17, 15) is 0 Å². The Morgan fingerprint density at radius 1 is 1.16 bits per heavy atom. The Morgan fingerprint density at radius 2 is 1.89 bits per heavy atom. The van der Waals surface area contributed by atoms with Crippen molar-refractivity contribution in [1.82, 2.24) is 4.98 Å². The van der Waals surface area contributed by atoms with E-state index in [4.69, 9.17) is 5.73 Å². The molecule has 1 atom stereocenters. The average Bonchev–Trinajstić information content (AvgIpc) is 2.38. The van der Waals surface area contributed by atoms with Crippen molar-refractivity contribution in [3.8, 4) is 0 Å². The Kier molecular flexibility index (Phi) is 3.86. The second-order valence-corrected chi connectivity index (χ2v) is 5.09. The molecule has 0 saturated carbocycles. The van der Waals surface area contributed by atoms with Crippen LogP contribution in [0.25, 0.3) is 0 Å². The highest BCUT2D eigenvalue weighted by molar-refractivity contribution is 5.63. The van der Waals surface area contributed by atoms with E-state index >= 15 is 0 Å². The molecule has 2 N–H and O–H groups in total. The van der Waals surface area contributed by atoms with Crippen molar-refractivity contribution >= 4 is 11.5 Å². The zero-order chi connectivity index (χ0) is 14.0. The van der Waals surface area contributed by atoms with Crippen molar-refractivity contribution in [3.05, 3.63) is 53.2 Å². The fourth-order valence-corrected chi connectivity index (χ4v) is 2.21. The Bertz CT molecular complexity index is 576. The monoisotopic (exact) mass is 255 g/mol. The Balaban J connectivity index is 2.38. The molecule has 1 aromatic carbocycles. The molecular formula is C16H21N3. The molecule has 1 aromatic heterocycles. The lowest BCUT2D eigenvalue weighted by molar-refractivity contribution is 0.814. The van der Waals surface area contributed by atoms with Crippen molar-refractivity contribution in [2.75, 3.05) is 11.9 Å². The lowest BCUT2D eigenvalue weighted by Gasteiger charge is -2.21. The van der Waals surface area contributed by atoms with Crippen molar-refractivity contribution in [2.24, 2.45) is 5.73 Å². The fourth-order valence-electron chi connectivity index (χ4n) is 2.21. The third-order valence-corrected chi connectivity index (χ3v) is 3.35. The van der Waals surface area contributed by atoms with Gasteiger partial charge in [0.05, 0.1) is 0 Å². The largest absolute Gasteiger partial charge is 0.329 e. The molecule has 3 heteroatoms. The quantitative estimate of drug-likeness (QED) is 0.913. The number of anilines is 2. The molecule has 0 fully saturated rings. The fraction of sp³-hybridized carbons (Fsp3) is 0.312. The summed E-state index contributed by atoms with van der Waals surface area (Å²) in [5.41, 5.74) is 10.7. The van der Waals surface area contributed by atoms with Crippen LogP contribution in [0, 0.1) is 13.8 Å². The van der Waals surface area contributed by atoms with Gasteiger partial charge in [0.2, 0.25) is 0 Å². The summed E-state index contributed by atoms with van der Waals surface area (Å²) in [5.74, 6) is 0.918. The molecule has 0 spiro atoms. The molecule has 2 rings (SSSR count). The Labute approximate surface area is 115 Å². The number of rotatable bonds is 3. The minimum Gasteiger partial charge on any atom is -0.329 e. The van der Waals surface area contributed by atoms with E-state index in [1.54, 1.807) is 0 Å². The summed E-state index contributed by atoms with van der Waals surface area (Å²) in [6.45, 7) is 6.20. The van der Waals surface area contributed by atoms with Crippen molar-refractivity contribution < 1.29 is 0 Å². The van der Waals surface area contributed by atoms with Crippen molar-refractivity contribution in [1.29, 1.82) is 0 Å². The van der Waals surface area contributed by atoms with Crippen LogP contribution in [0.3, 0.4) is 0 Å². The molecule has 0 aliphatic heterocycles. The van der Waals surface area contributed by atoms with E-state index in [-0.39, 0.29) is 6.04 Å². The number of hydrogen-bond donors (Lipinski definition) is 1. The third kappa shape index (κ3) is 2.93. The van der Waals surface area contributed by atoms with E-state index in [0.717, 1.165) is 11.4 Å². The highest BCUT2D eigenvalue weighted by Gasteiger charge is 2.09. The van der Waals surface area contributed by atoms with Crippen LogP contribution in [0.2, 0.25) is 0 Å². The topological polar surface area (TPSA) is 42.1 Å². The SMILES string of the molecule is Cc1ccc(N(C)c2cc([C@H](C)N)ccn2)c(C)c1. The maximum Gasteiger partial charge on any atom is 0.132 e. The summed E-state index contributed by atoms with van der Waals surface area (Å²) in [6, 6.07) is 10.5. The maximum atomic E-state index is 5.92. The average molecular weight is 255 g/mol. The van der Waals surface area contributed by atoms with Gasteiger partial charge in [0, 0.05) is 25.0 Å². The highest BCUT2D eigenvalue weighted by Crippen LogP contribution is 2.27. The van der Waals surface area contributed by atoms with Crippen LogP contribution in [0.1, 0.15) is 29.7 Å². The number of aromatic nitrogens is 1. The Morgan fingerprint density at radius 3 is 2.53 bits per heavy atom. The summed E-state index contributed by atoms with van der Waals surface area (Å²) in [7, 11) is 2.03. The second kappa shape index (κ2) is 5.41. The molecule has 1 heterocycles. The van der Waals surface area contributed by atoms with Gasteiger partial charge in [-0.2, -0.15) is 0 Å². The zero-order valence-electron chi connectivity index (χ0n) is 12.0. The van der Waals surface area contributed by atoms with Crippen LogP contribution >= 0.6 is 0 Å². The number of nitrogens with two attached hydrogens (primary N) is 1. The van der Waals surface area contributed by atoms with Crippen LogP contribution in [-0.4, -0.2) is 12.0 Å². The molecule has 0 saturated heterocycles. The van der Waals surface area contributed by atoms with Gasteiger partial charge in [0.1, 0.15) is 5.82 Å². The lowest BCUT2D eigenvalue weighted by atomic mass is 10.1. The first-order valence-electron chi connectivity index (χ1n) is 6.51. The zero-order valence-corrected chi connectivity index (χ0v) is 12.0. The number of hydrogen-bond acceptors (Lipinski definition) is 3. The van der Waals surface area contributed by atoms with Gasteiger partial charge in [-0.1, -0.05) is 17.7 Å². The van der Waals surface area contributed by atoms with E-state index < -0.39 is 0 Å². The summed E-state index contributed by atoms with van der Waals surface area (Å²) < 4.78 is 0. The molecule has 19 heavy (non-hydrogen) atoms. The predicted molar refractivity (Wildman–Crippen MR) is 80.8 cm³/mol. The van der Waals surface area contributed by atoms with Crippen LogP contribution in [0.5, 0.6) is 0 Å². The molecule has 0 aliphatic carbocycles. The van der Waals surface area contributed by atoms with Gasteiger partial charge in [-0.25, -0.2) is 4.98 Å². The number of benzene rings is 1. The second-order valence-electron chi connectivity index (χ2n) is 5.09. The first-order chi connectivity index (χ1) is 8.99. The maximum absolute atomic E-state index is 5.92. The van der Waals surface area contributed by atoms with Gasteiger partial charge < -0.3 is 10.6 Å². The van der Waals surface area contributed by atoms with Crippen LogP contribution in [0.15, 0.2) is 36.5 Å². The Hall–Kier alpha value is -1.87. The third-order valence-electron chi connectivity index (χ3n) is 3.35. The summed E-state index contributed by atoms with van der Waals surface area (Å²) in [6.07, 6.45) is 1.81. The van der Waals surface area contributed by atoms with Gasteiger partial charge in [0.15, 0.2) is 0 Å². The first-order valence-corrected chi connectivity index (χ1v) is 6.51.